The van der Waals surface area contributed by atoms with Crippen LogP contribution in [0.25, 0.3) is 22.5 Å². The smallest absolute Gasteiger partial charge is 1.00 e. The number of benzene rings is 2. The van der Waals surface area contributed by atoms with Crippen molar-refractivity contribution in [1.82, 2.24) is 9.97 Å². The topological polar surface area (TPSA) is 75.5 Å². The van der Waals surface area contributed by atoms with Gasteiger partial charge < -0.3 is 17.6 Å². The Morgan fingerprint density at radius 2 is 1.59 bits per heavy atom. The molecular weight excluding hydrogens is 430 g/mol. The fourth-order valence-electron chi connectivity index (χ4n) is 3.41. The van der Waals surface area contributed by atoms with E-state index >= 15 is 0 Å². The first-order valence-corrected chi connectivity index (χ1v) is 10.6. The van der Waals surface area contributed by atoms with Crippen LogP contribution in [0.2, 0.25) is 0 Å². The molecule has 0 aliphatic heterocycles. The fraction of sp³-hybridized carbons (Fsp3) is 0.320. The Labute approximate surface area is 222 Å². The van der Waals surface area contributed by atoms with E-state index in [0.717, 1.165) is 47.7 Å². The van der Waals surface area contributed by atoms with Crippen molar-refractivity contribution >= 4 is 49.5 Å². The molecule has 2 aromatic carbocycles. The van der Waals surface area contributed by atoms with Crippen molar-refractivity contribution in [3.8, 4) is 22.5 Å². The molecule has 0 spiro atoms. The number of hydrogen-bond acceptors (Lipinski definition) is 5. The number of anilines is 1. The average molecular weight is 462 g/mol. The molecule has 1 N–H and O–H groups in total. The molecule has 7 heteroatoms. The van der Waals surface area contributed by atoms with E-state index in [0.29, 0.717) is 6.61 Å². The van der Waals surface area contributed by atoms with E-state index in [9.17, 15) is 4.79 Å². The number of carboxylic acid groups (broad SMARTS) is 1. The van der Waals surface area contributed by atoms with Gasteiger partial charge >= 0.3 is 43.7 Å². The summed E-state index contributed by atoms with van der Waals surface area (Å²) < 4.78 is 5.14. The zero-order valence-corrected chi connectivity index (χ0v) is 21.0. The molecule has 1 heterocycles. The number of aromatic nitrogens is 2. The number of aliphatic carboxylic acids is 1. The van der Waals surface area contributed by atoms with E-state index < -0.39 is 5.97 Å². The minimum atomic E-state index is -0.939. The second kappa shape index (κ2) is 13.5. The molecule has 0 radical (unpaired) electrons. The Kier molecular flexibility index (Phi) is 11.1. The van der Waals surface area contributed by atoms with Gasteiger partial charge in [-0.15, -0.1) is 0 Å². The molecule has 0 atom stereocenters. The van der Waals surface area contributed by atoms with Crippen LogP contribution in [0.1, 0.15) is 29.5 Å². The monoisotopic (exact) mass is 461 g/mol. The van der Waals surface area contributed by atoms with Gasteiger partial charge in [-0.3, -0.25) is 4.98 Å². The summed E-state index contributed by atoms with van der Waals surface area (Å²) in [7, 11) is 0. The third kappa shape index (κ3) is 7.55. The van der Waals surface area contributed by atoms with Gasteiger partial charge in [-0.25, -0.2) is 9.78 Å². The summed E-state index contributed by atoms with van der Waals surface area (Å²) in [6, 6.07) is 20.5. The molecule has 0 aliphatic carbocycles. The Hall–Kier alpha value is -1.99. The third-order valence-electron chi connectivity index (χ3n) is 4.94. The normalized spacial score (nSPS) is 10.6. The Bertz CT molecular complexity index is 980. The summed E-state index contributed by atoms with van der Waals surface area (Å²) in [5, 5.41) is 8.66. The zero-order valence-electron chi connectivity index (χ0n) is 20.8. The van der Waals surface area contributed by atoms with Crippen LogP contribution in [0.5, 0.6) is 0 Å². The number of nitrogens with zero attached hydrogens (tertiary/aromatic N) is 3. The van der Waals surface area contributed by atoms with E-state index in [2.05, 4.69) is 30.9 Å². The minimum absolute atomic E-state index is 0. The molecule has 1 aromatic heterocycles. The predicted octanol–water partition coefficient (Wildman–Crippen LogP) is 4.75. The van der Waals surface area contributed by atoms with E-state index in [-0.39, 0.29) is 53.2 Å². The Morgan fingerprint density at radius 1 is 1.00 bits per heavy atom. The molecule has 0 amide bonds. The molecule has 0 saturated carbocycles. The van der Waals surface area contributed by atoms with Crippen LogP contribution in [0, 0.1) is 0 Å². The van der Waals surface area contributed by atoms with Crippen LogP contribution in [0.4, 0.5) is 5.82 Å². The first kappa shape index (κ1) is 26.3. The SMILES string of the molecule is CC(C)N(CCCCOCC(=O)O)c1cnc(-c2ccccc2)c(-c2ccccc2)n1.[Ca+2].[H-].[H-]. The van der Waals surface area contributed by atoms with E-state index in [1.807, 2.05) is 54.7 Å². The van der Waals surface area contributed by atoms with Gasteiger partial charge in [0.1, 0.15) is 12.4 Å². The Balaban J connectivity index is 0.00000363. The molecule has 0 aliphatic rings. The molecule has 166 valence electrons. The van der Waals surface area contributed by atoms with Crippen molar-refractivity contribution in [2.75, 3.05) is 24.7 Å². The van der Waals surface area contributed by atoms with Crippen LogP contribution < -0.4 is 4.90 Å². The number of rotatable bonds is 11. The number of ether oxygens (including phenoxy) is 1. The average Bonchev–Trinajstić information content (AvgIpc) is 2.79. The van der Waals surface area contributed by atoms with Gasteiger partial charge in [0.15, 0.2) is 0 Å². The summed E-state index contributed by atoms with van der Waals surface area (Å²) in [5.74, 6) is -0.106. The van der Waals surface area contributed by atoms with Gasteiger partial charge in [0, 0.05) is 30.3 Å². The summed E-state index contributed by atoms with van der Waals surface area (Å²) in [6.07, 6.45) is 3.51. The molecule has 0 saturated heterocycles. The first-order chi connectivity index (χ1) is 15.1. The van der Waals surface area contributed by atoms with Crippen molar-refractivity contribution < 1.29 is 17.5 Å². The minimum Gasteiger partial charge on any atom is -1.00 e. The van der Waals surface area contributed by atoms with Crippen molar-refractivity contribution in [3.05, 3.63) is 66.9 Å². The van der Waals surface area contributed by atoms with Crippen LogP contribution in [0.3, 0.4) is 0 Å². The zero-order chi connectivity index (χ0) is 22.1. The number of unbranched alkanes of at least 4 members (excludes halogenated alkanes) is 1. The van der Waals surface area contributed by atoms with E-state index in [4.69, 9.17) is 19.8 Å². The maximum atomic E-state index is 10.5. The second-order valence-electron chi connectivity index (χ2n) is 7.60. The standard InChI is InChI=1S/C25H29N3O3.Ca.2H/c1-19(2)28(15-9-10-16-31-18-23(29)30)22-17-26-24(20-11-5-3-6-12-20)25(27-22)21-13-7-4-8-14-21;;;/h3-8,11-14,17,19H,9-10,15-16,18H2,1-2H3,(H,29,30);;;/q;+2;2*-1. The van der Waals surface area contributed by atoms with Crippen molar-refractivity contribution in [3.63, 3.8) is 0 Å². The van der Waals surface area contributed by atoms with Gasteiger partial charge in [-0.2, -0.15) is 0 Å². The van der Waals surface area contributed by atoms with Gasteiger partial charge in [0.2, 0.25) is 0 Å². The van der Waals surface area contributed by atoms with Gasteiger partial charge in [-0.05, 0) is 26.7 Å². The molecule has 3 rings (SSSR count). The number of carbonyl (C=O) groups is 1. The number of hydrogen-bond donors (Lipinski definition) is 1. The fourth-order valence-corrected chi connectivity index (χ4v) is 3.41. The maximum absolute atomic E-state index is 10.5. The first-order valence-electron chi connectivity index (χ1n) is 10.6. The summed E-state index contributed by atoms with van der Waals surface area (Å²) in [4.78, 5) is 22.6. The Morgan fingerprint density at radius 3 is 2.16 bits per heavy atom. The van der Waals surface area contributed by atoms with Crippen molar-refractivity contribution in [1.29, 1.82) is 0 Å². The van der Waals surface area contributed by atoms with E-state index in [1.165, 1.54) is 0 Å². The van der Waals surface area contributed by atoms with Gasteiger partial charge in [0.25, 0.3) is 0 Å². The molecule has 3 aromatic rings. The van der Waals surface area contributed by atoms with E-state index in [1.54, 1.807) is 0 Å². The van der Waals surface area contributed by atoms with Crippen molar-refractivity contribution in [2.45, 2.75) is 32.7 Å². The number of carboxylic acids is 1. The molecule has 0 bridgehead atoms. The van der Waals surface area contributed by atoms with Crippen LogP contribution in [0.15, 0.2) is 66.9 Å². The molecular formula is C25H31CaN3O3. The molecule has 0 fully saturated rings. The molecule has 32 heavy (non-hydrogen) atoms. The summed E-state index contributed by atoms with van der Waals surface area (Å²) in [6.45, 7) is 5.25. The van der Waals surface area contributed by atoms with Crippen LogP contribution >= 0.6 is 0 Å². The summed E-state index contributed by atoms with van der Waals surface area (Å²) in [5.41, 5.74) is 3.79. The van der Waals surface area contributed by atoms with Crippen LogP contribution in [-0.2, 0) is 9.53 Å². The van der Waals surface area contributed by atoms with Gasteiger partial charge in [-0.1, -0.05) is 60.7 Å². The van der Waals surface area contributed by atoms with Crippen molar-refractivity contribution in [2.24, 2.45) is 0 Å². The maximum Gasteiger partial charge on any atom is 2.00 e. The largest absolute Gasteiger partial charge is 2.00 e. The molecule has 6 nitrogen and oxygen atoms in total. The van der Waals surface area contributed by atoms with Gasteiger partial charge in [0.05, 0.1) is 17.6 Å². The third-order valence-corrected chi connectivity index (χ3v) is 4.94. The predicted molar refractivity (Wildman–Crippen MR) is 131 cm³/mol. The quantitative estimate of drug-likeness (QED) is 0.328. The summed E-state index contributed by atoms with van der Waals surface area (Å²) >= 11 is 0. The van der Waals surface area contributed by atoms with Crippen LogP contribution in [-0.4, -0.2) is 84.6 Å². The second-order valence-corrected chi connectivity index (χ2v) is 7.60. The molecule has 0 unspecified atom stereocenters.